The van der Waals surface area contributed by atoms with Crippen molar-refractivity contribution in [1.29, 1.82) is 5.26 Å². The second kappa shape index (κ2) is 7.74. The Morgan fingerprint density at radius 2 is 1.56 bits per heavy atom. The number of alkyl halides is 6. The first kappa shape index (κ1) is 20.8. The van der Waals surface area contributed by atoms with E-state index in [9.17, 15) is 36.2 Å². The molecule has 0 saturated heterocycles. The van der Waals surface area contributed by atoms with Gasteiger partial charge in [0, 0.05) is 24.1 Å². The monoisotopic (exact) mass is 368 g/mol. The first-order valence-electron chi connectivity index (χ1n) is 7.06. The second-order valence-electron chi connectivity index (χ2n) is 5.15. The molecule has 0 fully saturated rings. The predicted octanol–water partition coefficient (Wildman–Crippen LogP) is 3.42. The Labute approximate surface area is 139 Å². The van der Waals surface area contributed by atoms with Crippen LogP contribution < -0.4 is 5.32 Å². The van der Waals surface area contributed by atoms with E-state index < -0.39 is 29.4 Å². The summed E-state index contributed by atoms with van der Waals surface area (Å²) in [6.45, 7) is 0.206. The van der Waals surface area contributed by atoms with Crippen LogP contribution in [0.2, 0.25) is 0 Å². The smallest absolute Gasteiger partial charge is 0.369 e. The zero-order chi connectivity index (χ0) is 19.3. The molecule has 0 radical (unpaired) electrons. The normalized spacial score (nSPS) is 12.6. The molecule has 0 aliphatic heterocycles. The summed E-state index contributed by atoms with van der Waals surface area (Å²) < 4.78 is 76.4. The molecule has 10 heteroatoms. The van der Waals surface area contributed by atoms with Gasteiger partial charge in [0.05, 0.1) is 6.07 Å². The van der Waals surface area contributed by atoms with Crippen LogP contribution in [0.25, 0.3) is 0 Å². The van der Waals surface area contributed by atoms with Crippen LogP contribution in [0, 0.1) is 11.3 Å². The summed E-state index contributed by atoms with van der Waals surface area (Å²) in [6.07, 6.45) is -10.6. The van der Waals surface area contributed by atoms with Gasteiger partial charge in [-0.3, -0.25) is 4.79 Å². The van der Waals surface area contributed by atoms with Crippen molar-refractivity contribution in [1.82, 2.24) is 5.32 Å². The third-order valence-electron chi connectivity index (χ3n) is 3.39. The van der Waals surface area contributed by atoms with Crippen LogP contribution in [-0.2, 0) is 5.60 Å². The fraction of sp³-hybridized carbons (Fsp3) is 0.467. The Kier molecular flexibility index (Phi) is 6.42. The van der Waals surface area contributed by atoms with Gasteiger partial charge in [-0.05, 0) is 25.0 Å². The zero-order valence-corrected chi connectivity index (χ0v) is 12.7. The number of unbranched alkanes of at least 4 members (excludes halogenated alkanes) is 2. The lowest BCUT2D eigenvalue weighted by Gasteiger charge is -2.32. The standard InChI is InChI=1S/C15H14F6N2O2/c16-14(17,18)13(25,15(19,20)21)11-6-4-10(5-7-11)12(24)23-9-3-1-2-8-22/h4-7,25H,1-3,9H2,(H,23,24). The molecular weight excluding hydrogens is 354 g/mol. The third kappa shape index (κ3) is 4.63. The van der Waals surface area contributed by atoms with E-state index in [0.717, 1.165) is 12.1 Å². The number of carbonyl (C=O) groups is 1. The number of nitrogens with zero attached hydrogens (tertiary/aromatic N) is 1. The van der Waals surface area contributed by atoms with Crippen LogP contribution in [0.1, 0.15) is 35.2 Å². The largest absolute Gasteiger partial charge is 0.430 e. The maximum absolute atomic E-state index is 12.7. The molecular formula is C15H14F6N2O2. The van der Waals surface area contributed by atoms with Gasteiger partial charge < -0.3 is 10.4 Å². The van der Waals surface area contributed by atoms with E-state index in [-0.39, 0.29) is 12.1 Å². The number of benzene rings is 1. The van der Waals surface area contributed by atoms with Gasteiger partial charge in [-0.2, -0.15) is 31.6 Å². The number of hydrogen-bond acceptors (Lipinski definition) is 3. The summed E-state index contributed by atoms with van der Waals surface area (Å²) in [5.41, 5.74) is -6.61. The van der Waals surface area contributed by atoms with Crippen molar-refractivity contribution in [2.45, 2.75) is 37.2 Å². The molecule has 25 heavy (non-hydrogen) atoms. The molecule has 1 amide bonds. The summed E-state index contributed by atoms with van der Waals surface area (Å²) in [5, 5.41) is 20.0. The first-order chi connectivity index (χ1) is 11.4. The molecule has 138 valence electrons. The van der Waals surface area contributed by atoms with Crippen molar-refractivity contribution in [3.8, 4) is 6.07 Å². The molecule has 0 bridgehead atoms. The lowest BCUT2D eigenvalue weighted by molar-refractivity contribution is -0.376. The van der Waals surface area contributed by atoms with E-state index in [2.05, 4.69) is 5.32 Å². The molecule has 0 aliphatic carbocycles. The van der Waals surface area contributed by atoms with Crippen molar-refractivity contribution in [2.24, 2.45) is 0 Å². The number of amides is 1. The summed E-state index contributed by atoms with van der Waals surface area (Å²) in [7, 11) is 0. The molecule has 2 N–H and O–H groups in total. The van der Waals surface area contributed by atoms with Crippen molar-refractivity contribution in [2.75, 3.05) is 6.54 Å². The summed E-state index contributed by atoms with van der Waals surface area (Å²) >= 11 is 0. The fourth-order valence-corrected chi connectivity index (χ4v) is 1.98. The number of carbonyl (C=O) groups excluding carboxylic acids is 1. The fourth-order valence-electron chi connectivity index (χ4n) is 1.98. The van der Waals surface area contributed by atoms with E-state index >= 15 is 0 Å². The topological polar surface area (TPSA) is 73.1 Å². The summed E-state index contributed by atoms with van der Waals surface area (Å²) in [6, 6.07) is 4.26. The number of aliphatic hydroxyl groups is 1. The average Bonchev–Trinajstić information content (AvgIpc) is 2.51. The molecule has 1 aromatic rings. The molecule has 0 atom stereocenters. The highest BCUT2D eigenvalue weighted by Gasteiger charge is 2.71. The van der Waals surface area contributed by atoms with E-state index in [1.807, 2.05) is 6.07 Å². The van der Waals surface area contributed by atoms with Gasteiger partial charge in [-0.1, -0.05) is 12.1 Å². The van der Waals surface area contributed by atoms with Gasteiger partial charge >= 0.3 is 12.4 Å². The lowest BCUT2D eigenvalue weighted by Crippen LogP contribution is -2.53. The van der Waals surface area contributed by atoms with Gasteiger partial charge in [0.2, 0.25) is 0 Å². The Hall–Kier alpha value is -2.28. The van der Waals surface area contributed by atoms with Crippen LogP contribution in [0.3, 0.4) is 0 Å². The minimum Gasteiger partial charge on any atom is -0.369 e. The number of nitrogens with one attached hydrogen (secondary N) is 1. The predicted molar refractivity (Wildman–Crippen MR) is 74.2 cm³/mol. The van der Waals surface area contributed by atoms with E-state index in [1.165, 1.54) is 0 Å². The van der Waals surface area contributed by atoms with E-state index in [1.54, 1.807) is 0 Å². The van der Waals surface area contributed by atoms with Crippen molar-refractivity contribution < 1.29 is 36.2 Å². The quantitative estimate of drug-likeness (QED) is 0.597. The maximum Gasteiger partial charge on any atom is 0.430 e. The van der Waals surface area contributed by atoms with Gasteiger partial charge in [0.1, 0.15) is 0 Å². The second-order valence-corrected chi connectivity index (χ2v) is 5.15. The number of nitriles is 1. The average molecular weight is 368 g/mol. The minimum absolute atomic E-state index is 0.157. The highest BCUT2D eigenvalue weighted by Crippen LogP contribution is 2.49. The molecule has 0 unspecified atom stereocenters. The highest BCUT2D eigenvalue weighted by molar-refractivity contribution is 5.94. The van der Waals surface area contributed by atoms with Crippen LogP contribution in [-0.4, -0.2) is 29.9 Å². The first-order valence-corrected chi connectivity index (χ1v) is 7.06. The van der Waals surface area contributed by atoms with Crippen LogP contribution >= 0.6 is 0 Å². The van der Waals surface area contributed by atoms with Gasteiger partial charge in [0.25, 0.3) is 11.5 Å². The molecule has 1 aromatic carbocycles. The van der Waals surface area contributed by atoms with Gasteiger partial charge in [-0.15, -0.1) is 0 Å². The van der Waals surface area contributed by atoms with Crippen molar-refractivity contribution in [3.05, 3.63) is 35.4 Å². The Balaban J connectivity index is 2.91. The number of rotatable bonds is 6. The van der Waals surface area contributed by atoms with Crippen LogP contribution in [0.4, 0.5) is 26.3 Å². The van der Waals surface area contributed by atoms with E-state index in [4.69, 9.17) is 5.26 Å². The molecule has 0 spiro atoms. The van der Waals surface area contributed by atoms with Gasteiger partial charge in [-0.25, -0.2) is 0 Å². The Morgan fingerprint density at radius 1 is 1.04 bits per heavy atom. The summed E-state index contributed by atoms with van der Waals surface area (Å²) in [4.78, 5) is 11.7. The van der Waals surface area contributed by atoms with Gasteiger partial charge in [0.15, 0.2) is 0 Å². The zero-order valence-electron chi connectivity index (χ0n) is 12.7. The lowest BCUT2D eigenvalue weighted by atomic mass is 9.91. The SMILES string of the molecule is N#CCCCCNC(=O)c1ccc(C(O)(C(F)(F)F)C(F)(F)F)cc1. The number of halogens is 6. The minimum atomic E-state index is -5.98. The number of hydrogen-bond donors (Lipinski definition) is 2. The molecule has 1 rings (SSSR count). The van der Waals surface area contributed by atoms with E-state index in [0.29, 0.717) is 31.4 Å². The molecule has 0 aliphatic rings. The Morgan fingerprint density at radius 3 is 2.00 bits per heavy atom. The molecule has 0 aromatic heterocycles. The van der Waals surface area contributed by atoms with Crippen LogP contribution in [0.5, 0.6) is 0 Å². The molecule has 0 saturated carbocycles. The molecule has 0 heterocycles. The Bertz CT molecular complexity index is 617. The highest BCUT2D eigenvalue weighted by atomic mass is 19.4. The molecule has 4 nitrogen and oxygen atoms in total. The maximum atomic E-state index is 12.7. The van der Waals surface area contributed by atoms with Crippen molar-refractivity contribution >= 4 is 5.91 Å². The third-order valence-corrected chi connectivity index (χ3v) is 3.39. The van der Waals surface area contributed by atoms with Crippen LogP contribution in [0.15, 0.2) is 24.3 Å². The van der Waals surface area contributed by atoms with Crippen molar-refractivity contribution in [3.63, 3.8) is 0 Å². The summed E-state index contributed by atoms with van der Waals surface area (Å²) in [5.74, 6) is -0.689.